The Morgan fingerprint density at radius 2 is 1.52 bits per heavy atom. The molecule has 6 heteroatoms. The van der Waals surface area contributed by atoms with Crippen molar-refractivity contribution < 1.29 is 0 Å². The van der Waals surface area contributed by atoms with Crippen LogP contribution in [-0.4, -0.2) is 29.4 Å². The Morgan fingerprint density at radius 1 is 0.800 bits per heavy atom. The predicted octanol–water partition coefficient (Wildman–Crippen LogP) is 3.44. The minimum atomic E-state index is 0.767. The summed E-state index contributed by atoms with van der Waals surface area (Å²) in [6.45, 7) is 1.91. The number of nitrogens with zero attached hydrogens (tertiary/aromatic N) is 6. The normalized spacial score (nSPS) is 11.4. The molecule has 0 atom stereocenters. The molecule has 6 nitrogen and oxygen atoms in total. The molecule has 0 amide bonds. The average Bonchev–Trinajstić information content (AvgIpc) is 3.24. The largest absolute Gasteiger partial charge is 0.269 e. The van der Waals surface area contributed by atoms with Crippen molar-refractivity contribution in [2.24, 2.45) is 0 Å². The van der Waals surface area contributed by atoms with E-state index in [1.807, 2.05) is 76.7 Å². The van der Waals surface area contributed by atoms with Gasteiger partial charge in [0.05, 0.1) is 11.1 Å². The zero-order chi connectivity index (χ0) is 16.8. The van der Waals surface area contributed by atoms with Crippen molar-refractivity contribution in [3.63, 3.8) is 0 Å². The van der Waals surface area contributed by atoms with Crippen molar-refractivity contribution in [2.45, 2.75) is 6.92 Å². The van der Waals surface area contributed by atoms with Gasteiger partial charge in [-0.15, -0.1) is 10.2 Å². The second kappa shape index (κ2) is 5.24. The van der Waals surface area contributed by atoms with E-state index >= 15 is 0 Å². The first kappa shape index (κ1) is 13.9. The molecule has 3 heterocycles. The molecule has 0 saturated carbocycles. The third-order valence-electron chi connectivity index (χ3n) is 4.29. The molecule has 25 heavy (non-hydrogen) atoms. The van der Waals surface area contributed by atoms with Crippen LogP contribution in [0.2, 0.25) is 0 Å². The Balaban J connectivity index is 1.93. The van der Waals surface area contributed by atoms with Crippen LogP contribution >= 0.6 is 0 Å². The Morgan fingerprint density at radius 3 is 2.28 bits per heavy atom. The van der Waals surface area contributed by atoms with Gasteiger partial charge >= 0.3 is 0 Å². The molecule has 3 aromatic heterocycles. The van der Waals surface area contributed by atoms with Gasteiger partial charge in [-0.2, -0.15) is 5.10 Å². The molecular weight excluding hydrogens is 312 g/mol. The summed E-state index contributed by atoms with van der Waals surface area (Å²) in [4.78, 5) is 4.65. The Labute approximate surface area is 143 Å². The second-order valence-electron chi connectivity index (χ2n) is 5.85. The number of para-hydroxylation sites is 1. The fraction of sp³-hybridized carbons (Fsp3) is 0.0526. The number of hydrogen-bond acceptors (Lipinski definition) is 4. The minimum Gasteiger partial charge on any atom is -0.269 e. The summed E-state index contributed by atoms with van der Waals surface area (Å²) in [5.74, 6) is 0.802. The lowest BCUT2D eigenvalue weighted by atomic mass is 10.1. The quantitative estimate of drug-likeness (QED) is 0.498. The van der Waals surface area contributed by atoms with E-state index in [4.69, 9.17) is 5.10 Å². The Hall–Kier alpha value is -3.54. The minimum absolute atomic E-state index is 0.767. The maximum absolute atomic E-state index is 4.86. The number of rotatable bonds is 2. The fourth-order valence-corrected chi connectivity index (χ4v) is 3.07. The molecule has 2 aromatic carbocycles. The predicted molar refractivity (Wildman–Crippen MR) is 95.6 cm³/mol. The molecule has 0 aliphatic carbocycles. The molecule has 0 N–H and O–H groups in total. The summed E-state index contributed by atoms with van der Waals surface area (Å²) in [6.07, 6.45) is 1.75. The molecule has 0 bridgehead atoms. The highest BCUT2D eigenvalue weighted by Crippen LogP contribution is 2.31. The molecule has 0 spiro atoms. The zero-order valence-electron chi connectivity index (χ0n) is 13.5. The first-order valence-corrected chi connectivity index (χ1v) is 8.03. The smallest absolute Gasteiger partial charge is 0.175 e. The number of fused-ring (bicyclic) bond motifs is 3. The molecular formula is C19H14N6. The van der Waals surface area contributed by atoms with Crippen LogP contribution in [0, 0.1) is 6.92 Å². The van der Waals surface area contributed by atoms with E-state index in [9.17, 15) is 0 Å². The van der Waals surface area contributed by atoms with Crippen LogP contribution in [0.3, 0.4) is 0 Å². The summed E-state index contributed by atoms with van der Waals surface area (Å²) < 4.78 is 3.76. The molecule has 5 aromatic rings. The van der Waals surface area contributed by atoms with Gasteiger partial charge in [-0.25, -0.2) is 9.67 Å². The van der Waals surface area contributed by atoms with Gasteiger partial charge < -0.3 is 0 Å². The van der Waals surface area contributed by atoms with Crippen molar-refractivity contribution >= 4 is 16.7 Å². The molecule has 120 valence electrons. The van der Waals surface area contributed by atoms with Crippen LogP contribution in [-0.2, 0) is 0 Å². The Bertz CT molecular complexity index is 1190. The zero-order valence-corrected chi connectivity index (χ0v) is 13.5. The SMILES string of the molecule is Cc1nnc2c3c(-c4ccccc4)nn(-c4ccccc4)c3ncn12. The Kier molecular flexibility index (Phi) is 2.90. The summed E-state index contributed by atoms with van der Waals surface area (Å²) in [6, 6.07) is 20.1. The van der Waals surface area contributed by atoms with E-state index < -0.39 is 0 Å². The highest BCUT2D eigenvalue weighted by atomic mass is 15.3. The van der Waals surface area contributed by atoms with Gasteiger partial charge in [0.25, 0.3) is 0 Å². The maximum Gasteiger partial charge on any atom is 0.175 e. The number of aryl methyl sites for hydroxylation is 1. The van der Waals surface area contributed by atoms with Crippen molar-refractivity contribution in [1.82, 2.24) is 29.4 Å². The van der Waals surface area contributed by atoms with Crippen molar-refractivity contribution in [2.75, 3.05) is 0 Å². The fourth-order valence-electron chi connectivity index (χ4n) is 3.07. The van der Waals surface area contributed by atoms with E-state index in [0.29, 0.717) is 0 Å². The van der Waals surface area contributed by atoms with Crippen LogP contribution in [0.25, 0.3) is 33.6 Å². The summed E-state index contributed by atoms with van der Waals surface area (Å²) in [5, 5.41) is 14.3. The highest BCUT2D eigenvalue weighted by Gasteiger charge is 2.19. The molecule has 0 radical (unpaired) electrons. The van der Waals surface area contributed by atoms with Crippen LogP contribution in [0.5, 0.6) is 0 Å². The topological polar surface area (TPSA) is 60.9 Å². The third kappa shape index (κ3) is 2.04. The highest BCUT2D eigenvalue weighted by molar-refractivity contribution is 6.01. The first-order valence-electron chi connectivity index (χ1n) is 8.03. The van der Waals surface area contributed by atoms with E-state index in [0.717, 1.165) is 39.4 Å². The van der Waals surface area contributed by atoms with Crippen molar-refractivity contribution in [3.8, 4) is 16.9 Å². The van der Waals surface area contributed by atoms with Crippen LogP contribution in [0.15, 0.2) is 67.0 Å². The van der Waals surface area contributed by atoms with E-state index in [1.54, 1.807) is 6.33 Å². The molecule has 5 rings (SSSR count). The van der Waals surface area contributed by atoms with E-state index in [-0.39, 0.29) is 0 Å². The third-order valence-corrected chi connectivity index (χ3v) is 4.29. The van der Waals surface area contributed by atoms with Gasteiger partial charge in [0.1, 0.15) is 17.8 Å². The van der Waals surface area contributed by atoms with Gasteiger partial charge in [0.2, 0.25) is 0 Å². The molecule has 0 fully saturated rings. The summed E-state index contributed by atoms with van der Waals surface area (Å²) in [7, 11) is 0. The lowest BCUT2D eigenvalue weighted by Crippen LogP contribution is -1.98. The van der Waals surface area contributed by atoms with Gasteiger partial charge in [-0.1, -0.05) is 48.5 Å². The molecule has 0 aliphatic rings. The van der Waals surface area contributed by atoms with Crippen molar-refractivity contribution in [3.05, 3.63) is 72.8 Å². The maximum atomic E-state index is 4.86. The molecule has 0 unspecified atom stereocenters. The second-order valence-corrected chi connectivity index (χ2v) is 5.85. The van der Waals surface area contributed by atoms with Crippen LogP contribution < -0.4 is 0 Å². The van der Waals surface area contributed by atoms with E-state index in [2.05, 4.69) is 15.2 Å². The standard InChI is InChI=1S/C19H14N6/c1-13-21-22-19-16-17(14-8-4-2-5-9-14)23-25(15-10-6-3-7-11-15)18(16)20-12-24(13)19/h2-12H,1H3. The van der Waals surface area contributed by atoms with Gasteiger partial charge in [0, 0.05) is 5.56 Å². The molecule has 0 aliphatic heterocycles. The van der Waals surface area contributed by atoms with Gasteiger partial charge in [-0.3, -0.25) is 4.40 Å². The van der Waals surface area contributed by atoms with Crippen LogP contribution in [0.1, 0.15) is 5.82 Å². The van der Waals surface area contributed by atoms with Gasteiger partial charge in [0.15, 0.2) is 11.3 Å². The monoisotopic (exact) mass is 326 g/mol. The van der Waals surface area contributed by atoms with Gasteiger partial charge in [-0.05, 0) is 19.1 Å². The first-order chi connectivity index (χ1) is 12.3. The number of benzene rings is 2. The van der Waals surface area contributed by atoms with E-state index in [1.165, 1.54) is 0 Å². The summed E-state index contributed by atoms with van der Waals surface area (Å²) >= 11 is 0. The number of aromatic nitrogens is 6. The summed E-state index contributed by atoms with van der Waals surface area (Å²) in [5.41, 5.74) is 4.37. The lowest BCUT2D eigenvalue weighted by molar-refractivity contribution is 0.894. The van der Waals surface area contributed by atoms with Crippen LogP contribution in [0.4, 0.5) is 0 Å². The number of hydrogen-bond donors (Lipinski definition) is 0. The van der Waals surface area contributed by atoms with Crippen molar-refractivity contribution in [1.29, 1.82) is 0 Å². The average molecular weight is 326 g/mol. The molecule has 0 saturated heterocycles. The lowest BCUT2D eigenvalue weighted by Gasteiger charge is -2.02.